The number of anilines is 1. The predicted octanol–water partition coefficient (Wildman–Crippen LogP) is 2.55. The van der Waals surface area contributed by atoms with Crippen molar-refractivity contribution >= 4 is 18.1 Å². The van der Waals surface area contributed by atoms with Crippen molar-refractivity contribution < 1.29 is 17.6 Å². The maximum Gasteiger partial charge on any atom is 0.419 e. The maximum atomic E-state index is 12.7. The minimum Gasteiger partial charge on any atom is -0.324 e. The molecule has 0 radical (unpaired) electrons. The van der Waals surface area contributed by atoms with Crippen LogP contribution < -0.4 is 11.3 Å². The SMILES string of the molecule is Cl.NNc1ccc(C(F)(F)F)c(F)c1. The lowest BCUT2D eigenvalue weighted by Gasteiger charge is -2.08. The van der Waals surface area contributed by atoms with Crippen LogP contribution in [0.5, 0.6) is 0 Å². The smallest absolute Gasteiger partial charge is 0.324 e. The molecular weight excluding hydrogens is 224 g/mol. The number of benzene rings is 1. The Hall–Kier alpha value is -1.01. The van der Waals surface area contributed by atoms with E-state index < -0.39 is 17.6 Å². The standard InChI is InChI=1S/C7H6F4N2.ClH/c8-6-3-4(13-12)1-2-5(6)7(9,10)11;/h1-3,13H,12H2;1H. The molecule has 7 heteroatoms. The van der Waals surface area contributed by atoms with Crippen LogP contribution in [0.15, 0.2) is 18.2 Å². The summed E-state index contributed by atoms with van der Waals surface area (Å²) in [4.78, 5) is 0. The topological polar surface area (TPSA) is 38.0 Å². The van der Waals surface area contributed by atoms with E-state index in [1.165, 1.54) is 0 Å². The van der Waals surface area contributed by atoms with E-state index in [1.54, 1.807) is 0 Å². The molecule has 0 aliphatic heterocycles. The molecule has 0 saturated carbocycles. The number of hydrazine groups is 1. The van der Waals surface area contributed by atoms with Crippen molar-refractivity contribution in [1.82, 2.24) is 0 Å². The van der Waals surface area contributed by atoms with Gasteiger partial charge >= 0.3 is 6.18 Å². The van der Waals surface area contributed by atoms with Crippen LogP contribution in [0.1, 0.15) is 5.56 Å². The molecule has 0 aromatic heterocycles. The van der Waals surface area contributed by atoms with Crippen LogP contribution in [0.3, 0.4) is 0 Å². The first kappa shape index (κ1) is 13.0. The van der Waals surface area contributed by atoms with Gasteiger partial charge in [-0.25, -0.2) is 4.39 Å². The summed E-state index contributed by atoms with van der Waals surface area (Å²) in [6, 6.07) is 2.36. The minimum atomic E-state index is -4.67. The summed E-state index contributed by atoms with van der Waals surface area (Å²) in [5.74, 6) is 3.54. The van der Waals surface area contributed by atoms with E-state index in [9.17, 15) is 17.6 Å². The fourth-order valence-corrected chi connectivity index (χ4v) is 0.835. The highest BCUT2D eigenvalue weighted by molar-refractivity contribution is 5.85. The summed E-state index contributed by atoms with van der Waals surface area (Å²) in [6.07, 6.45) is -4.67. The molecule has 0 atom stereocenters. The number of hydrogen-bond donors (Lipinski definition) is 2. The van der Waals surface area contributed by atoms with Crippen molar-refractivity contribution in [2.75, 3.05) is 5.43 Å². The molecule has 1 aromatic rings. The second-order valence-corrected chi connectivity index (χ2v) is 2.34. The molecule has 0 bridgehead atoms. The van der Waals surface area contributed by atoms with Gasteiger partial charge in [0, 0.05) is 0 Å². The van der Waals surface area contributed by atoms with Gasteiger partial charge in [-0.1, -0.05) is 0 Å². The van der Waals surface area contributed by atoms with Crippen LogP contribution in [0.4, 0.5) is 23.2 Å². The fraction of sp³-hybridized carbons (Fsp3) is 0.143. The average Bonchev–Trinajstić information content (AvgIpc) is 2.01. The van der Waals surface area contributed by atoms with Crippen molar-refractivity contribution in [1.29, 1.82) is 0 Å². The molecular formula is C7H7ClF4N2. The Balaban J connectivity index is 0.00000169. The summed E-state index contributed by atoms with van der Waals surface area (Å²) in [7, 11) is 0. The number of hydrogen-bond acceptors (Lipinski definition) is 2. The van der Waals surface area contributed by atoms with E-state index in [4.69, 9.17) is 5.84 Å². The molecule has 0 saturated heterocycles. The molecule has 80 valence electrons. The quantitative estimate of drug-likeness (QED) is 0.442. The molecule has 0 aliphatic rings. The van der Waals surface area contributed by atoms with Crippen molar-refractivity contribution in [3.8, 4) is 0 Å². The number of nitrogens with two attached hydrogens (primary N) is 1. The maximum absolute atomic E-state index is 12.7. The number of alkyl halides is 3. The lowest BCUT2D eigenvalue weighted by molar-refractivity contribution is -0.139. The third-order valence-electron chi connectivity index (χ3n) is 1.44. The molecule has 14 heavy (non-hydrogen) atoms. The third kappa shape index (κ3) is 2.74. The first-order valence-corrected chi connectivity index (χ1v) is 3.28. The zero-order valence-corrected chi connectivity index (χ0v) is 7.55. The van der Waals surface area contributed by atoms with E-state index in [0.717, 1.165) is 6.07 Å². The van der Waals surface area contributed by atoms with Gasteiger partial charge in [0.1, 0.15) is 5.82 Å². The summed E-state index contributed by atoms with van der Waals surface area (Å²) >= 11 is 0. The van der Waals surface area contributed by atoms with Gasteiger partial charge < -0.3 is 5.43 Å². The lowest BCUT2D eigenvalue weighted by atomic mass is 10.2. The molecule has 0 fully saturated rings. The molecule has 0 aliphatic carbocycles. The molecule has 0 amide bonds. The minimum absolute atomic E-state index is 0. The predicted molar refractivity (Wildman–Crippen MR) is 46.5 cm³/mol. The van der Waals surface area contributed by atoms with E-state index in [2.05, 4.69) is 0 Å². The van der Waals surface area contributed by atoms with Crippen molar-refractivity contribution in [2.45, 2.75) is 6.18 Å². The highest BCUT2D eigenvalue weighted by Gasteiger charge is 2.33. The Morgan fingerprint density at radius 1 is 1.21 bits per heavy atom. The van der Waals surface area contributed by atoms with Crippen LogP contribution in [-0.4, -0.2) is 0 Å². The van der Waals surface area contributed by atoms with Gasteiger partial charge in [-0.05, 0) is 18.2 Å². The largest absolute Gasteiger partial charge is 0.419 e. The normalized spacial score (nSPS) is 10.6. The Labute approximate surface area is 83.5 Å². The molecule has 0 unspecified atom stereocenters. The summed E-state index contributed by atoms with van der Waals surface area (Å²) in [5.41, 5.74) is 0.828. The van der Waals surface area contributed by atoms with Crippen LogP contribution in [0.25, 0.3) is 0 Å². The molecule has 2 nitrogen and oxygen atoms in total. The molecule has 1 rings (SSSR count). The Kier molecular flexibility index (Phi) is 4.15. The van der Waals surface area contributed by atoms with E-state index in [0.29, 0.717) is 12.1 Å². The first-order chi connectivity index (χ1) is 5.95. The van der Waals surface area contributed by atoms with E-state index in [-0.39, 0.29) is 18.1 Å². The van der Waals surface area contributed by atoms with Gasteiger partial charge in [-0.2, -0.15) is 13.2 Å². The average molecular weight is 231 g/mol. The number of nitrogens with one attached hydrogen (secondary N) is 1. The number of rotatable bonds is 1. The fourth-order valence-electron chi connectivity index (χ4n) is 0.835. The van der Waals surface area contributed by atoms with Gasteiger partial charge in [-0.3, -0.25) is 5.84 Å². The highest BCUT2D eigenvalue weighted by Crippen LogP contribution is 2.32. The van der Waals surface area contributed by atoms with E-state index >= 15 is 0 Å². The van der Waals surface area contributed by atoms with Crippen LogP contribution in [-0.2, 0) is 6.18 Å². The Bertz CT molecular complexity index is 313. The third-order valence-corrected chi connectivity index (χ3v) is 1.44. The summed E-state index contributed by atoms with van der Waals surface area (Å²) < 4.78 is 48.7. The first-order valence-electron chi connectivity index (χ1n) is 3.28. The number of nitrogen functional groups attached to an aromatic ring is 1. The van der Waals surface area contributed by atoms with Gasteiger partial charge in [0.25, 0.3) is 0 Å². The number of halogens is 5. The van der Waals surface area contributed by atoms with Crippen molar-refractivity contribution in [3.05, 3.63) is 29.6 Å². The second-order valence-electron chi connectivity index (χ2n) is 2.34. The molecule has 1 aromatic carbocycles. The van der Waals surface area contributed by atoms with Gasteiger partial charge in [0.2, 0.25) is 0 Å². The monoisotopic (exact) mass is 230 g/mol. The Morgan fingerprint density at radius 2 is 1.79 bits per heavy atom. The molecule has 3 N–H and O–H groups in total. The summed E-state index contributed by atoms with van der Waals surface area (Å²) in [6.45, 7) is 0. The van der Waals surface area contributed by atoms with Gasteiger partial charge in [0.15, 0.2) is 0 Å². The van der Waals surface area contributed by atoms with Crippen LogP contribution in [0, 0.1) is 5.82 Å². The van der Waals surface area contributed by atoms with E-state index in [1.807, 2.05) is 5.43 Å². The van der Waals surface area contributed by atoms with Crippen LogP contribution in [0.2, 0.25) is 0 Å². The van der Waals surface area contributed by atoms with Crippen LogP contribution >= 0.6 is 12.4 Å². The zero-order valence-electron chi connectivity index (χ0n) is 6.73. The van der Waals surface area contributed by atoms with Crippen molar-refractivity contribution in [2.24, 2.45) is 5.84 Å². The Morgan fingerprint density at radius 3 is 2.14 bits per heavy atom. The van der Waals surface area contributed by atoms with Gasteiger partial charge in [-0.15, -0.1) is 12.4 Å². The molecule has 0 spiro atoms. The van der Waals surface area contributed by atoms with Crippen molar-refractivity contribution in [3.63, 3.8) is 0 Å². The van der Waals surface area contributed by atoms with Gasteiger partial charge in [0.05, 0.1) is 11.3 Å². The lowest BCUT2D eigenvalue weighted by Crippen LogP contribution is -2.11. The molecule has 0 heterocycles. The highest BCUT2D eigenvalue weighted by atomic mass is 35.5. The zero-order chi connectivity index (χ0) is 10.1. The summed E-state index contributed by atoms with van der Waals surface area (Å²) in [5, 5.41) is 0. The second kappa shape index (κ2) is 4.47.